The van der Waals surface area contributed by atoms with E-state index in [0.717, 1.165) is 6.42 Å². The first-order valence-corrected chi connectivity index (χ1v) is 11.2. The van der Waals surface area contributed by atoms with Gasteiger partial charge in [-0.15, -0.1) is 0 Å². The van der Waals surface area contributed by atoms with Crippen molar-refractivity contribution >= 4 is 33.5 Å². The third-order valence-corrected chi connectivity index (χ3v) is 6.52. The topological polar surface area (TPSA) is 61.8 Å². The zero-order valence-electron chi connectivity index (χ0n) is 16.8. The molecule has 0 saturated carbocycles. The van der Waals surface area contributed by atoms with Crippen LogP contribution in [0.1, 0.15) is 54.9 Å². The Morgan fingerprint density at radius 1 is 1.12 bits per heavy atom. The van der Waals surface area contributed by atoms with Crippen LogP contribution in [-0.2, 0) is 23.8 Å². The Hall–Kier alpha value is -0.660. The van der Waals surface area contributed by atoms with Gasteiger partial charge >= 0.3 is 11.9 Å². The quantitative estimate of drug-likeness (QED) is 0.446. The summed E-state index contributed by atoms with van der Waals surface area (Å²) in [5, 5.41) is 2.05. The van der Waals surface area contributed by atoms with Crippen molar-refractivity contribution in [2.24, 2.45) is 17.3 Å². The maximum Gasteiger partial charge on any atom is 0.303 e. The van der Waals surface area contributed by atoms with Crippen molar-refractivity contribution in [2.75, 3.05) is 6.61 Å². The summed E-state index contributed by atoms with van der Waals surface area (Å²) in [6, 6.07) is 0. The minimum atomic E-state index is -0.329. The smallest absolute Gasteiger partial charge is 0.303 e. The number of allylic oxidation sites excluding steroid dienone is 1. The molecule has 0 aromatic carbocycles. The van der Waals surface area contributed by atoms with E-state index in [1.54, 1.807) is 10.8 Å². The fourth-order valence-corrected chi connectivity index (χ4v) is 4.78. The van der Waals surface area contributed by atoms with E-state index in [9.17, 15) is 9.59 Å². The van der Waals surface area contributed by atoms with Crippen LogP contribution in [0.5, 0.6) is 0 Å². The molecule has 5 atom stereocenters. The third kappa shape index (κ3) is 8.35. The van der Waals surface area contributed by atoms with Crippen LogP contribution in [-0.4, -0.2) is 36.2 Å². The molecule has 0 spiro atoms. The van der Waals surface area contributed by atoms with Gasteiger partial charge in [-0.2, -0.15) is 0 Å². The number of carbonyl (C=O) groups excluding carboxylic acids is 2. The fraction of sp³-hybridized carbons (Fsp3) is 0.789. The van der Waals surface area contributed by atoms with Crippen molar-refractivity contribution in [2.45, 2.75) is 72.5 Å². The Balaban J connectivity index is 2.73. The van der Waals surface area contributed by atoms with E-state index < -0.39 is 0 Å². The maximum absolute atomic E-state index is 11.5. The summed E-state index contributed by atoms with van der Waals surface area (Å²) in [4.78, 5) is 22.6. The summed E-state index contributed by atoms with van der Waals surface area (Å²) in [7, 11) is 3.10. The molecular weight excluding hydrogens is 372 g/mol. The van der Waals surface area contributed by atoms with Gasteiger partial charge in [-0.1, -0.05) is 62.3 Å². The van der Waals surface area contributed by atoms with Crippen LogP contribution in [0, 0.1) is 17.3 Å². The summed E-state index contributed by atoms with van der Waals surface area (Å²) in [6.45, 7) is 13.7. The van der Waals surface area contributed by atoms with Gasteiger partial charge in [0.25, 0.3) is 0 Å². The van der Waals surface area contributed by atoms with E-state index in [0.29, 0.717) is 0 Å². The first-order valence-electron chi connectivity index (χ1n) is 8.94. The van der Waals surface area contributed by atoms with Crippen LogP contribution in [0.4, 0.5) is 0 Å². The molecule has 0 aromatic rings. The summed E-state index contributed by atoms with van der Waals surface area (Å²) in [6.07, 6.45) is 2.59. The molecule has 150 valence electrons. The predicted molar refractivity (Wildman–Crippen MR) is 108 cm³/mol. The molecule has 1 rings (SSSR count). The van der Waals surface area contributed by atoms with Gasteiger partial charge in [0, 0.05) is 19.8 Å². The summed E-state index contributed by atoms with van der Waals surface area (Å²) in [5.41, 5.74) is -0.0578. The van der Waals surface area contributed by atoms with E-state index in [-0.39, 0.29) is 53.4 Å². The lowest BCUT2D eigenvalue weighted by molar-refractivity contribution is -0.184. The number of esters is 2. The fourth-order valence-electron chi connectivity index (χ4n) is 2.61. The highest BCUT2D eigenvalue weighted by Crippen LogP contribution is 2.42. The van der Waals surface area contributed by atoms with Gasteiger partial charge in [-0.3, -0.25) is 9.59 Å². The van der Waals surface area contributed by atoms with Crippen molar-refractivity contribution in [1.82, 2.24) is 0 Å². The average Bonchev–Trinajstić information content (AvgIpc) is 2.50. The number of carbonyl (C=O) groups is 2. The van der Waals surface area contributed by atoms with Gasteiger partial charge in [0.1, 0.15) is 12.7 Å². The van der Waals surface area contributed by atoms with Crippen molar-refractivity contribution in [3.05, 3.63) is 11.5 Å². The van der Waals surface area contributed by atoms with E-state index in [1.807, 2.05) is 12.3 Å². The first kappa shape index (κ1) is 23.4. The van der Waals surface area contributed by atoms with E-state index in [2.05, 4.69) is 33.8 Å². The van der Waals surface area contributed by atoms with Gasteiger partial charge in [0.15, 0.2) is 5.44 Å². The molecule has 26 heavy (non-hydrogen) atoms. The van der Waals surface area contributed by atoms with Gasteiger partial charge in [-0.25, -0.2) is 0 Å². The van der Waals surface area contributed by atoms with Crippen molar-refractivity contribution in [3.8, 4) is 0 Å². The molecule has 0 N–H and O–H groups in total. The highest BCUT2D eigenvalue weighted by atomic mass is 33.1. The standard InChI is InChI=1S/C19H32O5S2/c1-12-13(2)17(23-15(4)21)18(24-16(12)11-22-14(3)20)26-25-10-8-9-19(5,6)7/h8,10,12-13,16-18H,9,11H2,1-7H3/b10-8-/t12-,13-,16?,17?,18-/m0/s1. The lowest BCUT2D eigenvalue weighted by Gasteiger charge is -2.43. The van der Waals surface area contributed by atoms with Gasteiger partial charge in [-0.05, 0) is 23.2 Å². The second-order valence-corrected chi connectivity index (χ2v) is 10.2. The second-order valence-electron chi connectivity index (χ2n) is 7.97. The Labute approximate surface area is 165 Å². The molecule has 1 heterocycles. The minimum Gasteiger partial charge on any atom is -0.463 e. The van der Waals surface area contributed by atoms with Gasteiger partial charge < -0.3 is 14.2 Å². The highest BCUT2D eigenvalue weighted by molar-refractivity contribution is 8.78. The Bertz CT molecular complexity index is 499. The van der Waals surface area contributed by atoms with Crippen LogP contribution in [0.3, 0.4) is 0 Å². The summed E-state index contributed by atoms with van der Waals surface area (Å²) < 4.78 is 16.8. The SMILES string of the molecule is CC(=O)OCC1O[C@@H](SS/C=C\CC(C)(C)C)C(OC(C)=O)[C@@H](C)[C@@H]1C. The molecule has 1 aliphatic rings. The van der Waals surface area contributed by atoms with Gasteiger partial charge in [0.2, 0.25) is 0 Å². The molecule has 5 nitrogen and oxygen atoms in total. The molecular formula is C19H32O5S2. The lowest BCUT2D eigenvalue weighted by Crippen LogP contribution is -2.50. The highest BCUT2D eigenvalue weighted by Gasteiger charge is 2.44. The normalized spacial score (nSPS) is 29.6. The Morgan fingerprint density at radius 2 is 1.77 bits per heavy atom. The first-order chi connectivity index (χ1) is 12.0. The van der Waals surface area contributed by atoms with Crippen LogP contribution in [0.15, 0.2) is 11.5 Å². The van der Waals surface area contributed by atoms with Gasteiger partial charge in [0.05, 0.1) is 6.10 Å². The Morgan fingerprint density at radius 3 is 2.31 bits per heavy atom. The molecule has 0 amide bonds. The molecule has 1 aliphatic heterocycles. The minimum absolute atomic E-state index is 0.102. The number of rotatable bonds is 7. The predicted octanol–water partition coefficient (Wildman–Crippen LogP) is 4.81. The van der Waals surface area contributed by atoms with Crippen molar-refractivity contribution < 1.29 is 23.8 Å². The van der Waals surface area contributed by atoms with Crippen molar-refractivity contribution in [1.29, 1.82) is 0 Å². The number of hydrogen-bond donors (Lipinski definition) is 0. The molecule has 2 unspecified atom stereocenters. The largest absolute Gasteiger partial charge is 0.463 e. The zero-order chi connectivity index (χ0) is 19.9. The second kappa shape index (κ2) is 10.6. The third-order valence-electron chi connectivity index (χ3n) is 4.30. The van der Waals surface area contributed by atoms with Crippen LogP contribution in [0.2, 0.25) is 0 Å². The van der Waals surface area contributed by atoms with Crippen LogP contribution < -0.4 is 0 Å². The van der Waals surface area contributed by atoms with E-state index >= 15 is 0 Å². The monoisotopic (exact) mass is 404 g/mol. The zero-order valence-corrected chi connectivity index (χ0v) is 18.4. The molecule has 1 saturated heterocycles. The van der Waals surface area contributed by atoms with E-state index in [4.69, 9.17) is 14.2 Å². The number of hydrogen-bond acceptors (Lipinski definition) is 7. The van der Waals surface area contributed by atoms with E-state index in [1.165, 1.54) is 24.6 Å². The molecule has 0 aromatic heterocycles. The maximum atomic E-state index is 11.5. The number of ether oxygens (including phenoxy) is 3. The molecule has 0 aliphatic carbocycles. The molecule has 1 fully saturated rings. The summed E-state index contributed by atoms with van der Waals surface area (Å²) in [5.74, 6) is -0.420. The van der Waals surface area contributed by atoms with Crippen LogP contribution in [0.25, 0.3) is 0 Å². The molecule has 0 bridgehead atoms. The average molecular weight is 405 g/mol. The van der Waals surface area contributed by atoms with Crippen molar-refractivity contribution in [3.63, 3.8) is 0 Å². The Kier molecular flexibility index (Phi) is 9.55. The lowest BCUT2D eigenvalue weighted by atomic mass is 9.84. The molecule has 0 radical (unpaired) electrons. The molecule has 7 heteroatoms. The summed E-state index contributed by atoms with van der Waals surface area (Å²) >= 11 is 0. The van der Waals surface area contributed by atoms with Crippen LogP contribution >= 0.6 is 21.6 Å².